The van der Waals surface area contributed by atoms with Crippen LogP contribution in [0.2, 0.25) is 5.02 Å². The van der Waals surface area contributed by atoms with E-state index in [1.165, 1.54) is 6.33 Å². The Morgan fingerprint density at radius 1 is 1.28 bits per heavy atom. The van der Waals surface area contributed by atoms with E-state index in [9.17, 15) is 4.79 Å². The first-order valence-electron chi connectivity index (χ1n) is 8.94. The molecule has 1 atom stereocenters. The van der Waals surface area contributed by atoms with Gasteiger partial charge in [-0.15, -0.1) is 5.10 Å². The molecule has 0 fully saturated rings. The number of para-hydroxylation sites is 1. The van der Waals surface area contributed by atoms with Crippen molar-refractivity contribution in [1.82, 2.24) is 14.8 Å². The standard InChI is InChI=1S/C20H18ClN5O3/c1-28-17-9-5-3-7-14(17)16-10-18(29-25-16)19(27)23-20-22-12-26(24-20)11-13-6-2-4-8-15(13)21/h2-9,12,18H,10-11H2,1H3,(H,23,24,27). The van der Waals surface area contributed by atoms with Crippen molar-refractivity contribution in [2.75, 3.05) is 12.4 Å². The molecule has 8 nitrogen and oxygen atoms in total. The van der Waals surface area contributed by atoms with Crippen LogP contribution in [0.3, 0.4) is 0 Å². The highest BCUT2D eigenvalue weighted by Crippen LogP contribution is 2.25. The summed E-state index contributed by atoms with van der Waals surface area (Å²) in [6, 6.07) is 14.9. The number of amides is 1. The summed E-state index contributed by atoms with van der Waals surface area (Å²) in [5, 5.41) is 11.6. The lowest BCUT2D eigenvalue weighted by Gasteiger charge is -2.08. The van der Waals surface area contributed by atoms with Gasteiger partial charge in [-0.05, 0) is 23.8 Å². The molecule has 2 heterocycles. The zero-order valence-corrected chi connectivity index (χ0v) is 16.3. The summed E-state index contributed by atoms with van der Waals surface area (Å²) >= 11 is 6.17. The van der Waals surface area contributed by atoms with Gasteiger partial charge in [0.15, 0.2) is 0 Å². The number of hydrogen-bond acceptors (Lipinski definition) is 6. The van der Waals surface area contributed by atoms with Gasteiger partial charge in [0, 0.05) is 17.0 Å². The van der Waals surface area contributed by atoms with Crippen molar-refractivity contribution in [2.45, 2.75) is 19.1 Å². The van der Waals surface area contributed by atoms with E-state index in [1.54, 1.807) is 11.8 Å². The zero-order chi connectivity index (χ0) is 20.2. The fourth-order valence-electron chi connectivity index (χ4n) is 2.98. The molecule has 0 spiro atoms. The number of methoxy groups -OCH3 is 1. The third-order valence-corrected chi connectivity index (χ3v) is 4.81. The smallest absolute Gasteiger partial charge is 0.271 e. The molecular formula is C20H18ClN5O3. The first kappa shape index (κ1) is 18.9. The molecule has 1 N–H and O–H groups in total. The Balaban J connectivity index is 1.37. The van der Waals surface area contributed by atoms with Gasteiger partial charge in [0.05, 0.1) is 19.4 Å². The molecule has 1 aromatic heterocycles. The van der Waals surface area contributed by atoms with Crippen LogP contribution in [-0.2, 0) is 16.2 Å². The summed E-state index contributed by atoms with van der Waals surface area (Å²) < 4.78 is 6.94. The molecule has 0 saturated heterocycles. The van der Waals surface area contributed by atoms with Crippen molar-refractivity contribution in [2.24, 2.45) is 5.16 Å². The molecule has 0 aliphatic carbocycles. The fourth-order valence-corrected chi connectivity index (χ4v) is 3.18. The maximum Gasteiger partial charge on any atom is 0.271 e. The minimum atomic E-state index is -0.759. The van der Waals surface area contributed by atoms with Crippen LogP contribution >= 0.6 is 11.6 Å². The van der Waals surface area contributed by atoms with Gasteiger partial charge in [-0.2, -0.15) is 0 Å². The average Bonchev–Trinajstić information content (AvgIpc) is 3.39. The number of ether oxygens (including phenoxy) is 1. The SMILES string of the molecule is COc1ccccc1C1=NOC(C(=O)Nc2ncn(Cc3ccccc3Cl)n2)C1. The number of hydrogen-bond donors (Lipinski definition) is 1. The van der Waals surface area contributed by atoms with Gasteiger partial charge in [0.25, 0.3) is 5.91 Å². The number of halogens is 1. The maximum absolute atomic E-state index is 12.5. The second-order valence-corrected chi connectivity index (χ2v) is 6.79. The van der Waals surface area contributed by atoms with Crippen molar-refractivity contribution >= 4 is 29.2 Å². The van der Waals surface area contributed by atoms with Gasteiger partial charge in [0.2, 0.25) is 12.1 Å². The summed E-state index contributed by atoms with van der Waals surface area (Å²) in [6.45, 7) is 0.448. The number of anilines is 1. The predicted molar refractivity (Wildman–Crippen MR) is 108 cm³/mol. The molecule has 3 aromatic rings. The van der Waals surface area contributed by atoms with Gasteiger partial charge in [-0.1, -0.05) is 47.1 Å². The third kappa shape index (κ3) is 4.22. The predicted octanol–water partition coefficient (Wildman–Crippen LogP) is 3.12. The number of carbonyl (C=O) groups is 1. The van der Waals surface area contributed by atoms with Crippen molar-refractivity contribution in [1.29, 1.82) is 0 Å². The van der Waals surface area contributed by atoms with Crippen LogP contribution in [-0.4, -0.2) is 39.6 Å². The Hall–Kier alpha value is -3.39. The molecule has 0 saturated carbocycles. The number of aromatic nitrogens is 3. The Kier molecular flexibility index (Phi) is 5.44. The van der Waals surface area contributed by atoms with Crippen LogP contribution in [0.1, 0.15) is 17.5 Å². The van der Waals surface area contributed by atoms with Gasteiger partial charge >= 0.3 is 0 Å². The van der Waals surface area contributed by atoms with E-state index in [1.807, 2.05) is 48.5 Å². The average molecular weight is 412 g/mol. The molecular weight excluding hydrogens is 394 g/mol. The summed E-state index contributed by atoms with van der Waals surface area (Å²) in [7, 11) is 1.59. The number of rotatable bonds is 6. The molecule has 148 valence electrons. The van der Waals surface area contributed by atoms with Crippen molar-refractivity contribution in [3.8, 4) is 5.75 Å². The normalized spacial score (nSPS) is 15.5. The summed E-state index contributed by atoms with van der Waals surface area (Å²) in [6.07, 6.45) is 1.10. The van der Waals surface area contributed by atoms with Gasteiger partial charge in [0.1, 0.15) is 12.1 Å². The van der Waals surface area contributed by atoms with E-state index < -0.39 is 6.10 Å². The Morgan fingerprint density at radius 3 is 2.90 bits per heavy atom. The quantitative estimate of drug-likeness (QED) is 0.673. The Morgan fingerprint density at radius 2 is 2.07 bits per heavy atom. The van der Waals surface area contributed by atoms with Gasteiger partial charge in [-0.25, -0.2) is 9.67 Å². The topological polar surface area (TPSA) is 90.6 Å². The summed E-state index contributed by atoms with van der Waals surface area (Å²) in [4.78, 5) is 22.0. The minimum absolute atomic E-state index is 0.191. The lowest BCUT2D eigenvalue weighted by Crippen LogP contribution is -2.28. The second-order valence-electron chi connectivity index (χ2n) is 6.38. The summed E-state index contributed by atoms with van der Waals surface area (Å²) in [5.41, 5.74) is 2.36. The lowest BCUT2D eigenvalue weighted by atomic mass is 10.0. The molecule has 29 heavy (non-hydrogen) atoms. The number of nitrogens with zero attached hydrogens (tertiary/aromatic N) is 4. The van der Waals surface area contributed by atoms with E-state index in [4.69, 9.17) is 21.2 Å². The lowest BCUT2D eigenvalue weighted by molar-refractivity contribution is -0.125. The van der Waals surface area contributed by atoms with Crippen LogP contribution in [0.15, 0.2) is 60.0 Å². The largest absolute Gasteiger partial charge is 0.496 e. The van der Waals surface area contributed by atoms with Crippen molar-refractivity contribution < 1.29 is 14.4 Å². The number of carbonyl (C=O) groups excluding carboxylic acids is 1. The van der Waals surface area contributed by atoms with E-state index in [2.05, 4.69) is 20.6 Å². The summed E-state index contributed by atoms with van der Waals surface area (Å²) in [5.74, 6) is 0.501. The fraction of sp³-hybridized carbons (Fsp3) is 0.200. The monoisotopic (exact) mass is 411 g/mol. The van der Waals surface area contributed by atoms with E-state index in [0.717, 1.165) is 11.1 Å². The maximum atomic E-state index is 12.5. The molecule has 1 unspecified atom stereocenters. The molecule has 0 radical (unpaired) electrons. The first-order chi connectivity index (χ1) is 14.1. The van der Waals surface area contributed by atoms with Crippen LogP contribution in [0.25, 0.3) is 0 Å². The first-order valence-corrected chi connectivity index (χ1v) is 9.31. The third-order valence-electron chi connectivity index (χ3n) is 4.44. The zero-order valence-electron chi connectivity index (χ0n) is 15.6. The highest BCUT2D eigenvalue weighted by atomic mass is 35.5. The number of benzene rings is 2. The van der Waals surface area contributed by atoms with E-state index in [-0.39, 0.29) is 11.9 Å². The van der Waals surface area contributed by atoms with E-state index >= 15 is 0 Å². The molecule has 4 rings (SSSR count). The minimum Gasteiger partial charge on any atom is -0.496 e. The highest BCUT2D eigenvalue weighted by Gasteiger charge is 2.30. The molecule has 1 aliphatic rings. The van der Waals surface area contributed by atoms with Gasteiger partial charge in [-0.3, -0.25) is 10.1 Å². The van der Waals surface area contributed by atoms with Crippen molar-refractivity contribution in [3.63, 3.8) is 0 Å². The Bertz CT molecular complexity index is 1070. The molecule has 0 bridgehead atoms. The van der Waals surface area contributed by atoms with Gasteiger partial charge < -0.3 is 9.57 Å². The second kappa shape index (κ2) is 8.32. The molecule has 9 heteroatoms. The van der Waals surface area contributed by atoms with Crippen molar-refractivity contribution in [3.05, 3.63) is 71.0 Å². The van der Waals surface area contributed by atoms with Crippen LogP contribution < -0.4 is 10.1 Å². The number of nitrogens with one attached hydrogen (secondary N) is 1. The molecule has 2 aromatic carbocycles. The molecule has 1 aliphatic heterocycles. The Labute approximate surface area is 172 Å². The number of oxime groups is 1. The highest BCUT2D eigenvalue weighted by molar-refractivity contribution is 6.31. The van der Waals surface area contributed by atoms with Crippen LogP contribution in [0.4, 0.5) is 5.95 Å². The van der Waals surface area contributed by atoms with Crippen LogP contribution in [0.5, 0.6) is 5.75 Å². The van der Waals surface area contributed by atoms with Crippen LogP contribution in [0, 0.1) is 0 Å². The molecule has 1 amide bonds. The van der Waals surface area contributed by atoms with E-state index in [0.29, 0.717) is 29.4 Å².